The summed E-state index contributed by atoms with van der Waals surface area (Å²) >= 11 is 0. The molecule has 0 heterocycles. The molecule has 1 aliphatic rings. The van der Waals surface area contributed by atoms with Crippen LogP contribution < -0.4 is 16.0 Å². The second-order valence-electron chi connectivity index (χ2n) is 4.78. The van der Waals surface area contributed by atoms with Crippen molar-refractivity contribution in [3.8, 4) is 0 Å². The van der Waals surface area contributed by atoms with Crippen molar-refractivity contribution in [1.82, 2.24) is 16.0 Å². The first-order valence-electron chi connectivity index (χ1n) is 6.53. The molecule has 1 saturated carbocycles. The van der Waals surface area contributed by atoms with Gasteiger partial charge in [0.25, 0.3) is 0 Å². The van der Waals surface area contributed by atoms with Crippen LogP contribution in [0.25, 0.3) is 0 Å². The Hall–Kier alpha value is -1.79. The summed E-state index contributed by atoms with van der Waals surface area (Å²) in [5, 5.41) is 16.4. The number of rotatable bonds is 7. The highest BCUT2D eigenvalue weighted by Crippen LogP contribution is 2.32. The normalized spacial score (nSPS) is 17.2. The molecule has 0 saturated heterocycles. The van der Waals surface area contributed by atoms with E-state index in [0.29, 0.717) is 6.54 Å². The van der Waals surface area contributed by atoms with Crippen molar-refractivity contribution in [2.45, 2.75) is 45.2 Å². The first-order chi connectivity index (χ1) is 8.95. The van der Waals surface area contributed by atoms with E-state index < -0.39 is 24.1 Å². The van der Waals surface area contributed by atoms with Crippen LogP contribution in [0, 0.1) is 5.92 Å². The van der Waals surface area contributed by atoms with Gasteiger partial charge in [-0.3, -0.25) is 4.79 Å². The van der Waals surface area contributed by atoms with E-state index in [2.05, 4.69) is 16.0 Å². The van der Waals surface area contributed by atoms with Crippen LogP contribution in [0.4, 0.5) is 4.79 Å². The molecule has 1 fully saturated rings. The molecule has 0 aliphatic heterocycles. The quantitative estimate of drug-likeness (QED) is 0.525. The van der Waals surface area contributed by atoms with Gasteiger partial charge in [-0.2, -0.15) is 0 Å². The summed E-state index contributed by atoms with van der Waals surface area (Å²) in [5.74, 6) is -1.32. The minimum Gasteiger partial charge on any atom is -0.480 e. The number of nitrogens with one attached hydrogen (secondary N) is 3. The molecule has 4 N–H and O–H groups in total. The number of carboxylic acid groups (broad SMARTS) is 1. The molecule has 7 heteroatoms. The van der Waals surface area contributed by atoms with Crippen molar-refractivity contribution in [2.75, 3.05) is 6.54 Å². The standard InChI is InChI=1S/C12H21N3O4/c1-3-6-13-10(16)7(2)14-12(19)15-9(11(17)18)8-4-5-8/h7-9H,3-6H2,1-2H3,(H,13,16)(H,17,18)(H2,14,15,19). The van der Waals surface area contributed by atoms with Gasteiger partial charge in [-0.1, -0.05) is 6.92 Å². The number of carboxylic acids is 1. The van der Waals surface area contributed by atoms with E-state index in [1.165, 1.54) is 0 Å². The Morgan fingerprint density at radius 2 is 1.89 bits per heavy atom. The third-order valence-corrected chi connectivity index (χ3v) is 2.94. The maximum absolute atomic E-state index is 11.6. The summed E-state index contributed by atoms with van der Waals surface area (Å²) in [6.45, 7) is 4.03. The molecule has 7 nitrogen and oxygen atoms in total. The van der Waals surface area contributed by atoms with E-state index in [1.807, 2.05) is 6.92 Å². The maximum atomic E-state index is 11.6. The van der Waals surface area contributed by atoms with Gasteiger partial charge in [-0.05, 0) is 32.1 Å². The van der Waals surface area contributed by atoms with Crippen LogP contribution >= 0.6 is 0 Å². The van der Waals surface area contributed by atoms with E-state index >= 15 is 0 Å². The van der Waals surface area contributed by atoms with Crippen LogP contribution in [0.2, 0.25) is 0 Å². The third-order valence-electron chi connectivity index (χ3n) is 2.94. The number of aliphatic carboxylic acids is 1. The smallest absolute Gasteiger partial charge is 0.326 e. The van der Waals surface area contributed by atoms with Crippen LogP contribution in [0.1, 0.15) is 33.1 Å². The molecule has 3 amide bonds. The van der Waals surface area contributed by atoms with Crippen molar-refractivity contribution in [2.24, 2.45) is 5.92 Å². The SMILES string of the molecule is CCCNC(=O)C(C)NC(=O)NC(C(=O)O)C1CC1. The van der Waals surface area contributed by atoms with E-state index in [9.17, 15) is 14.4 Å². The average molecular weight is 271 g/mol. The van der Waals surface area contributed by atoms with Crippen LogP contribution in [0.5, 0.6) is 0 Å². The molecule has 2 unspecified atom stereocenters. The van der Waals surface area contributed by atoms with E-state index in [1.54, 1.807) is 6.92 Å². The molecule has 1 aliphatic carbocycles. The molecule has 0 bridgehead atoms. The van der Waals surface area contributed by atoms with Crippen LogP contribution in [0.15, 0.2) is 0 Å². The minimum absolute atomic E-state index is 0.00692. The lowest BCUT2D eigenvalue weighted by molar-refractivity contribution is -0.139. The molecule has 0 radical (unpaired) electrons. The Balaban J connectivity index is 2.36. The van der Waals surface area contributed by atoms with Gasteiger partial charge >= 0.3 is 12.0 Å². The molecule has 2 atom stereocenters. The number of amides is 3. The summed E-state index contributed by atoms with van der Waals surface area (Å²) in [6.07, 6.45) is 2.43. The lowest BCUT2D eigenvalue weighted by Crippen LogP contribution is -2.52. The van der Waals surface area contributed by atoms with Crippen LogP contribution in [-0.4, -0.2) is 41.6 Å². The predicted octanol–water partition coefficient (Wildman–Crippen LogP) is 0.0635. The van der Waals surface area contributed by atoms with Gasteiger partial charge in [0.1, 0.15) is 12.1 Å². The molecular formula is C12H21N3O4. The van der Waals surface area contributed by atoms with E-state index in [-0.39, 0.29) is 11.8 Å². The Morgan fingerprint density at radius 1 is 1.26 bits per heavy atom. The van der Waals surface area contributed by atoms with E-state index in [4.69, 9.17) is 5.11 Å². The molecular weight excluding hydrogens is 250 g/mol. The summed E-state index contributed by atoms with van der Waals surface area (Å²) in [7, 11) is 0. The van der Waals surface area contributed by atoms with Crippen LogP contribution in [-0.2, 0) is 9.59 Å². The van der Waals surface area contributed by atoms with E-state index in [0.717, 1.165) is 19.3 Å². The van der Waals surface area contributed by atoms with Crippen LogP contribution in [0.3, 0.4) is 0 Å². The highest BCUT2D eigenvalue weighted by Gasteiger charge is 2.37. The lowest BCUT2D eigenvalue weighted by atomic mass is 10.2. The first kappa shape index (κ1) is 15.3. The van der Waals surface area contributed by atoms with Gasteiger partial charge in [0.2, 0.25) is 5.91 Å². The van der Waals surface area contributed by atoms with Crippen molar-refractivity contribution in [3.05, 3.63) is 0 Å². The summed E-state index contributed by atoms with van der Waals surface area (Å²) < 4.78 is 0. The van der Waals surface area contributed by atoms with Gasteiger partial charge in [-0.15, -0.1) is 0 Å². The largest absolute Gasteiger partial charge is 0.480 e. The number of hydrogen-bond acceptors (Lipinski definition) is 3. The first-order valence-corrected chi connectivity index (χ1v) is 6.53. The molecule has 19 heavy (non-hydrogen) atoms. The molecule has 0 aromatic rings. The lowest BCUT2D eigenvalue weighted by Gasteiger charge is -2.17. The van der Waals surface area contributed by atoms with Gasteiger partial charge in [0.05, 0.1) is 0 Å². The number of carbonyl (C=O) groups is 3. The van der Waals surface area contributed by atoms with Crippen molar-refractivity contribution in [1.29, 1.82) is 0 Å². The molecule has 1 rings (SSSR count). The Bertz CT molecular complexity index is 355. The Morgan fingerprint density at radius 3 is 2.37 bits per heavy atom. The molecule has 0 aromatic heterocycles. The maximum Gasteiger partial charge on any atom is 0.326 e. The minimum atomic E-state index is -1.04. The fourth-order valence-corrected chi connectivity index (χ4v) is 1.66. The zero-order valence-electron chi connectivity index (χ0n) is 11.2. The zero-order chi connectivity index (χ0) is 14.4. The van der Waals surface area contributed by atoms with Gasteiger partial charge in [-0.25, -0.2) is 9.59 Å². The number of urea groups is 1. The Kier molecular flexibility index (Phi) is 5.59. The fourth-order valence-electron chi connectivity index (χ4n) is 1.66. The molecule has 0 aromatic carbocycles. The highest BCUT2D eigenvalue weighted by atomic mass is 16.4. The molecule has 0 spiro atoms. The topological polar surface area (TPSA) is 108 Å². The predicted molar refractivity (Wildman–Crippen MR) is 68.6 cm³/mol. The fraction of sp³-hybridized carbons (Fsp3) is 0.750. The van der Waals surface area contributed by atoms with Crippen molar-refractivity contribution >= 4 is 17.9 Å². The molecule has 108 valence electrons. The van der Waals surface area contributed by atoms with Gasteiger partial charge in [0.15, 0.2) is 0 Å². The third kappa shape index (κ3) is 5.15. The Labute approximate surface area is 112 Å². The second kappa shape index (κ2) is 6.96. The monoisotopic (exact) mass is 271 g/mol. The van der Waals surface area contributed by atoms with Gasteiger partial charge < -0.3 is 21.1 Å². The summed E-state index contributed by atoms with van der Waals surface area (Å²) in [5.41, 5.74) is 0. The second-order valence-corrected chi connectivity index (χ2v) is 4.78. The summed E-state index contributed by atoms with van der Waals surface area (Å²) in [4.78, 5) is 34.1. The highest BCUT2D eigenvalue weighted by molar-refractivity contribution is 5.88. The number of hydrogen-bond donors (Lipinski definition) is 4. The number of carbonyl (C=O) groups excluding carboxylic acids is 2. The zero-order valence-corrected chi connectivity index (χ0v) is 11.2. The van der Waals surface area contributed by atoms with Gasteiger partial charge in [0, 0.05) is 6.54 Å². The van der Waals surface area contributed by atoms with Crippen molar-refractivity contribution in [3.63, 3.8) is 0 Å². The van der Waals surface area contributed by atoms with Crippen molar-refractivity contribution < 1.29 is 19.5 Å². The average Bonchev–Trinajstić information content (AvgIpc) is 3.16. The summed E-state index contributed by atoms with van der Waals surface area (Å²) in [6, 6.07) is -2.19.